The first-order valence-electron chi connectivity index (χ1n) is 5.89. The van der Waals surface area contributed by atoms with Gasteiger partial charge in [-0.1, -0.05) is 0 Å². The standard InChI is InChI=1S/C12H14N4O2/c13-8-2-1-5-16-9(6-14-7-3-4-7)15-10(11(8)16)12(17)18/h1-2,5,7,14H,3-4,6,13H2,(H,17,18). The van der Waals surface area contributed by atoms with Crippen LogP contribution in [0.2, 0.25) is 0 Å². The summed E-state index contributed by atoms with van der Waals surface area (Å²) in [7, 11) is 0. The molecule has 0 aromatic carbocycles. The third-order valence-corrected chi connectivity index (χ3v) is 3.10. The Bertz CT molecular complexity index is 616. The van der Waals surface area contributed by atoms with Crippen molar-refractivity contribution < 1.29 is 9.90 Å². The summed E-state index contributed by atoms with van der Waals surface area (Å²) in [5.74, 6) is -0.371. The van der Waals surface area contributed by atoms with Crippen LogP contribution in [0.15, 0.2) is 18.3 Å². The van der Waals surface area contributed by atoms with Crippen molar-refractivity contribution in [1.82, 2.24) is 14.7 Å². The molecule has 94 valence electrons. The normalized spacial score (nSPS) is 15.1. The molecule has 3 rings (SSSR count). The molecule has 18 heavy (non-hydrogen) atoms. The summed E-state index contributed by atoms with van der Waals surface area (Å²) in [5, 5.41) is 12.5. The first kappa shape index (κ1) is 11.0. The van der Waals surface area contributed by atoms with Crippen molar-refractivity contribution in [3.63, 3.8) is 0 Å². The van der Waals surface area contributed by atoms with Gasteiger partial charge < -0.3 is 16.2 Å². The molecule has 0 radical (unpaired) electrons. The number of nitrogen functional groups attached to an aromatic ring is 1. The summed E-state index contributed by atoms with van der Waals surface area (Å²) in [6.07, 6.45) is 4.14. The van der Waals surface area contributed by atoms with Crippen LogP contribution in [-0.4, -0.2) is 26.5 Å². The van der Waals surface area contributed by atoms with Gasteiger partial charge in [-0.2, -0.15) is 0 Å². The molecule has 1 fully saturated rings. The number of aromatic carboxylic acids is 1. The molecule has 0 bridgehead atoms. The highest BCUT2D eigenvalue weighted by molar-refractivity contribution is 5.97. The van der Waals surface area contributed by atoms with E-state index >= 15 is 0 Å². The van der Waals surface area contributed by atoms with Crippen LogP contribution >= 0.6 is 0 Å². The van der Waals surface area contributed by atoms with Crippen LogP contribution in [0.4, 0.5) is 5.69 Å². The van der Waals surface area contributed by atoms with Crippen LogP contribution < -0.4 is 11.1 Å². The summed E-state index contributed by atoms with van der Waals surface area (Å²) >= 11 is 0. The fraction of sp³-hybridized carbons (Fsp3) is 0.333. The van der Waals surface area contributed by atoms with Gasteiger partial charge in [-0.3, -0.25) is 4.40 Å². The molecule has 6 heteroatoms. The number of imidazole rings is 1. The number of nitrogens with zero attached hydrogens (tertiary/aromatic N) is 2. The predicted octanol–water partition coefficient (Wildman–Crippen LogP) is 0.867. The summed E-state index contributed by atoms with van der Waals surface area (Å²) in [6, 6.07) is 4.02. The third-order valence-electron chi connectivity index (χ3n) is 3.10. The van der Waals surface area contributed by atoms with Crippen molar-refractivity contribution in [1.29, 1.82) is 0 Å². The van der Waals surface area contributed by atoms with Gasteiger partial charge in [-0.25, -0.2) is 9.78 Å². The predicted molar refractivity (Wildman–Crippen MR) is 66.4 cm³/mol. The minimum atomic E-state index is -1.05. The molecule has 0 amide bonds. The van der Waals surface area contributed by atoms with Crippen molar-refractivity contribution >= 4 is 17.2 Å². The highest BCUT2D eigenvalue weighted by atomic mass is 16.4. The lowest BCUT2D eigenvalue weighted by molar-refractivity contribution is 0.0693. The number of nitrogens with one attached hydrogen (secondary N) is 1. The molecule has 6 nitrogen and oxygen atoms in total. The Balaban J connectivity index is 2.07. The lowest BCUT2D eigenvalue weighted by atomic mass is 10.3. The molecule has 4 N–H and O–H groups in total. The second-order valence-electron chi connectivity index (χ2n) is 4.52. The molecule has 0 atom stereocenters. The summed E-state index contributed by atoms with van der Waals surface area (Å²) < 4.78 is 1.74. The molecular formula is C12H14N4O2. The molecule has 2 aromatic rings. The molecular weight excluding hydrogens is 232 g/mol. The molecule has 0 unspecified atom stereocenters. The lowest BCUT2D eigenvalue weighted by Gasteiger charge is -2.03. The Kier molecular flexibility index (Phi) is 2.45. The molecule has 1 aliphatic rings. The van der Waals surface area contributed by atoms with Crippen LogP contribution in [0.1, 0.15) is 29.2 Å². The zero-order valence-electron chi connectivity index (χ0n) is 9.76. The van der Waals surface area contributed by atoms with Gasteiger partial charge in [0.15, 0.2) is 5.69 Å². The van der Waals surface area contributed by atoms with Gasteiger partial charge >= 0.3 is 5.97 Å². The number of carbonyl (C=O) groups is 1. The number of pyridine rings is 1. The summed E-state index contributed by atoms with van der Waals surface area (Å²) in [4.78, 5) is 15.3. The zero-order valence-corrected chi connectivity index (χ0v) is 9.76. The number of rotatable bonds is 4. The topological polar surface area (TPSA) is 92.7 Å². The highest BCUT2D eigenvalue weighted by Gasteiger charge is 2.23. The van der Waals surface area contributed by atoms with Gasteiger partial charge in [-0.15, -0.1) is 0 Å². The fourth-order valence-corrected chi connectivity index (χ4v) is 2.02. The maximum Gasteiger partial charge on any atom is 0.356 e. The van der Waals surface area contributed by atoms with Crippen molar-refractivity contribution in [2.45, 2.75) is 25.4 Å². The maximum absolute atomic E-state index is 11.2. The van der Waals surface area contributed by atoms with Gasteiger partial charge in [-0.05, 0) is 25.0 Å². The number of hydrogen-bond acceptors (Lipinski definition) is 4. The molecule has 0 aliphatic heterocycles. The van der Waals surface area contributed by atoms with E-state index in [4.69, 9.17) is 10.8 Å². The number of carboxylic acids is 1. The van der Waals surface area contributed by atoms with Crippen LogP contribution in [-0.2, 0) is 6.54 Å². The van der Waals surface area contributed by atoms with E-state index in [1.165, 1.54) is 12.8 Å². The monoisotopic (exact) mass is 246 g/mol. The largest absolute Gasteiger partial charge is 0.476 e. The Morgan fingerprint density at radius 2 is 2.39 bits per heavy atom. The van der Waals surface area contributed by atoms with E-state index in [-0.39, 0.29) is 5.69 Å². The Morgan fingerprint density at radius 1 is 1.61 bits per heavy atom. The van der Waals surface area contributed by atoms with E-state index in [9.17, 15) is 4.79 Å². The Morgan fingerprint density at radius 3 is 3.06 bits per heavy atom. The summed E-state index contributed by atoms with van der Waals surface area (Å²) in [6.45, 7) is 0.558. The van der Waals surface area contributed by atoms with E-state index < -0.39 is 5.97 Å². The Hall–Kier alpha value is -2.08. The molecule has 0 spiro atoms. The van der Waals surface area contributed by atoms with Crippen molar-refractivity contribution in [3.8, 4) is 0 Å². The lowest BCUT2D eigenvalue weighted by Crippen LogP contribution is -2.17. The summed E-state index contributed by atoms with van der Waals surface area (Å²) in [5.41, 5.74) is 6.75. The zero-order chi connectivity index (χ0) is 12.7. The number of nitrogens with two attached hydrogens (primary N) is 1. The van der Waals surface area contributed by atoms with Gasteiger partial charge in [0.1, 0.15) is 11.3 Å². The average Bonchev–Trinajstić information content (AvgIpc) is 3.08. The van der Waals surface area contributed by atoms with Gasteiger partial charge in [0.25, 0.3) is 0 Å². The first-order chi connectivity index (χ1) is 8.66. The minimum absolute atomic E-state index is 0.0145. The van der Waals surface area contributed by atoms with E-state index in [0.717, 1.165) is 0 Å². The van der Waals surface area contributed by atoms with Crippen molar-refractivity contribution in [3.05, 3.63) is 29.8 Å². The smallest absolute Gasteiger partial charge is 0.356 e. The number of aromatic nitrogens is 2. The van der Waals surface area contributed by atoms with E-state index in [1.54, 1.807) is 22.7 Å². The highest BCUT2D eigenvalue weighted by Crippen LogP contribution is 2.22. The minimum Gasteiger partial charge on any atom is -0.476 e. The SMILES string of the molecule is Nc1cccn2c(CNC3CC3)nc(C(=O)O)c12. The Labute approximate surface area is 103 Å². The van der Waals surface area contributed by atoms with E-state index in [2.05, 4.69) is 10.3 Å². The number of anilines is 1. The number of fused-ring (bicyclic) bond motifs is 1. The van der Waals surface area contributed by atoms with Crippen LogP contribution in [0.3, 0.4) is 0 Å². The van der Waals surface area contributed by atoms with Crippen LogP contribution in [0.25, 0.3) is 5.52 Å². The van der Waals surface area contributed by atoms with Gasteiger partial charge in [0.2, 0.25) is 0 Å². The third kappa shape index (κ3) is 1.80. The van der Waals surface area contributed by atoms with E-state index in [1.807, 2.05) is 0 Å². The van der Waals surface area contributed by atoms with Crippen molar-refractivity contribution in [2.75, 3.05) is 5.73 Å². The molecule has 1 saturated carbocycles. The van der Waals surface area contributed by atoms with Crippen molar-refractivity contribution in [2.24, 2.45) is 0 Å². The molecule has 2 heterocycles. The average molecular weight is 246 g/mol. The second-order valence-corrected chi connectivity index (χ2v) is 4.52. The molecule has 1 aliphatic carbocycles. The first-order valence-corrected chi connectivity index (χ1v) is 5.89. The van der Waals surface area contributed by atoms with Crippen LogP contribution in [0.5, 0.6) is 0 Å². The second kappa shape index (κ2) is 3.99. The molecule has 0 saturated heterocycles. The number of carboxylic acid groups (broad SMARTS) is 1. The fourth-order valence-electron chi connectivity index (χ4n) is 2.02. The molecule has 2 aromatic heterocycles. The number of hydrogen-bond donors (Lipinski definition) is 3. The maximum atomic E-state index is 11.2. The quantitative estimate of drug-likeness (QED) is 0.744. The van der Waals surface area contributed by atoms with E-state index in [0.29, 0.717) is 29.6 Å². The van der Waals surface area contributed by atoms with Crippen LogP contribution in [0, 0.1) is 0 Å². The van der Waals surface area contributed by atoms with Gasteiger partial charge in [0, 0.05) is 12.2 Å². The van der Waals surface area contributed by atoms with Gasteiger partial charge in [0.05, 0.1) is 12.2 Å².